The second-order valence-corrected chi connectivity index (χ2v) is 14.0. The molecule has 0 fully saturated rings. The molecule has 0 aromatic heterocycles. The van der Waals surface area contributed by atoms with Crippen molar-refractivity contribution in [2.45, 2.75) is 73.6 Å². The Morgan fingerprint density at radius 3 is 0.980 bits per heavy atom. The van der Waals surface area contributed by atoms with Gasteiger partial charge in [0.2, 0.25) is 0 Å². The predicted molar refractivity (Wildman–Crippen MR) is 215 cm³/mol. The van der Waals surface area contributed by atoms with Crippen LogP contribution in [0.5, 0.6) is 0 Å². The van der Waals surface area contributed by atoms with Gasteiger partial charge in [-0.25, -0.2) is 0 Å². The van der Waals surface area contributed by atoms with Gasteiger partial charge in [-0.2, -0.15) is 0 Å². The maximum Gasteiger partial charge on any atom is 0.0362 e. The van der Waals surface area contributed by atoms with Crippen LogP contribution in [0.3, 0.4) is 0 Å². The number of aryl methyl sites for hydroxylation is 3. The summed E-state index contributed by atoms with van der Waals surface area (Å²) in [5, 5.41) is 0. The smallest absolute Gasteiger partial charge is 0.0362 e. The first-order chi connectivity index (χ1) is 23.6. The van der Waals surface area contributed by atoms with Crippen LogP contribution in [0.1, 0.15) is 153 Å². The summed E-state index contributed by atoms with van der Waals surface area (Å²) in [5.74, 6) is 15.4. The van der Waals surface area contributed by atoms with Crippen molar-refractivity contribution in [3.05, 3.63) is 209 Å². The van der Waals surface area contributed by atoms with Crippen molar-refractivity contribution < 1.29 is 0 Å². The van der Waals surface area contributed by atoms with Crippen LogP contribution in [0.15, 0.2) is 109 Å². The van der Waals surface area contributed by atoms with Crippen LogP contribution in [0.25, 0.3) is 0 Å². The zero-order chi connectivity index (χ0) is 32.3. The number of rotatable bonds is 0. The van der Waals surface area contributed by atoms with Crippen molar-refractivity contribution >= 4 is 0 Å². The van der Waals surface area contributed by atoms with Crippen molar-refractivity contribution in [2.75, 3.05) is 0 Å². The molecule has 0 spiro atoms. The molecule has 0 N–H and O–H groups in total. The summed E-state index contributed by atoms with van der Waals surface area (Å²) in [6.45, 7) is 8.59. The van der Waals surface area contributed by atoms with Crippen LogP contribution >= 0.6 is 0 Å². The molecule has 6 aromatic rings. The van der Waals surface area contributed by atoms with E-state index in [1.165, 1.54) is 94.6 Å². The molecule has 12 rings (SSSR count). The molecule has 0 heteroatoms. The highest BCUT2D eigenvalue weighted by molar-refractivity contribution is 5.82. The Hall–Kier alpha value is -5.56. The molecule has 4 bridgehead atoms. The van der Waals surface area contributed by atoms with Crippen LogP contribution in [-0.4, -0.2) is 0 Å². The second kappa shape index (κ2) is 12.3. The van der Waals surface area contributed by atoms with Gasteiger partial charge in [0, 0.05) is 40.4 Å². The van der Waals surface area contributed by atoms with E-state index in [9.17, 15) is 0 Å². The fourth-order valence-corrected chi connectivity index (χ4v) is 9.71. The molecule has 0 radical (unpaired) electrons. The van der Waals surface area contributed by atoms with Crippen LogP contribution in [0.2, 0.25) is 0 Å². The van der Waals surface area contributed by atoms with Crippen LogP contribution in [-0.2, 0) is 0 Å². The first-order valence-corrected chi connectivity index (χ1v) is 17.2. The summed E-state index contributed by atoms with van der Waals surface area (Å²) in [7, 11) is 0. The van der Waals surface area contributed by atoms with Crippen LogP contribution < -0.4 is 0 Å². The summed E-state index contributed by atoms with van der Waals surface area (Å²) in [4.78, 5) is 0. The van der Waals surface area contributed by atoms with E-state index in [0.717, 1.165) is 5.56 Å². The molecule has 0 aliphatic heterocycles. The van der Waals surface area contributed by atoms with Crippen LogP contribution in [0.4, 0.5) is 0 Å². The minimum atomic E-state index is 0. The lowest BCUT2D eigenvalue weighted by molar-refractivity contribution is 0.710. The van der Waals surface area contributed by atoms with E-state index >= 15 is 0 Å². The highest BCUT2D eigenvalue weighted by Gasteiger charge is 2.50. The number of hydrogen-bond donors (Lipinski definition) is 0. The Kier molecular flexibility index (Phi) is 8.21. The molecule has 0 atom stereocenters. The second-order valence-electron chi connectivity index (χ2n) is 14.0. The molecule has 51 heavy (non-hydrogen) atoms. The summed E-state index contributed by atoms with van der Waals surface area (Å²) >= 11 is 0. The maximum atomic E-state index is 3.97. The number of benzene rings is 6. The Balaban J connectivity index is 0.00000135. The molecule has 0 saturated heterocycles. The Morgan fingerprint density at radius 1 is 0.373 bits per heavy atom. The van der Waals surface area contributed by atoms with E-state index in [1.807, 2.05) is 6.92 Å². The van der Waals surface area contributed by atoms with Gasteiger partial charge in [0.05, 0.1) is 0 Å². The standard InChI is InChI=1S/C48H34.3CH4/c1-5-14-39-45-41-31-15-6-10-19-35(31)43(36-20-11-7-16-32(36)41)47(45)40(24-23-30-26-28(3)27(2)25-29(30)4)48-44-37-21-12-8-17-33(37)42(46(39)48)34-18-9-13-22-38(34)44;;;/h6-13,15-22,25-26,41-44H,1-4H3;3*1H4. The largest absolute Gasteiger partial charge is 0.101 e. The first kappa shape index (κ1) is 33.9. The van der Waals surface area contributed by atoms with E-state index in [0.29, 0.717) is 0 Å². The van der Waals surface area contributed by atoms with Gasteiger partial charge in [-0.05, 0) is 117 Å². The number of hydrogen-bond acceptors (Lipinski definition) is 0. The minimum Gasteiger partial charge on any atom is -0.101 e. The normalized spacial score (nSPS) is 18.2. The van der Waals surface area contributed by atoms with Gasteiger partial charge in [-0.3, -0.25) is 0 Å². The zero-order valence-corrected chi connectivity index (χ0v) is 27.7. The molecular formula is C51H46. The van der Waals surface area contributed by atoms with Gasteiger partial charge in [0.1, 0.15) is 0 Å². The highest BCUT2D eigenvalue weighted by atomic mass is 14.5. The Labute approximate surface area is 305 Å². The van der Waals surface area contributed by atoms with Gasteiger partial charge in [-0.15, -0.1) is 5.92 Å². The van der Waals surface area contributed by atoms with Crippen molar-refractivity contribution in [1.82, 2.24) is 0 Å². The summed E-state index contributed by atoms with van der Waals surface area (Å²) in [6, 6.07) is 41.1. The Bertz CT molecular complexity index is 2310. The third kappa shape index (κ3) is 4.43. The lowest BCUT2D eigenvalue weighted by Gasteiger charge is -2.48. The maximum absolute atomic E-state index is 3.97. The molecule has 0 amide bonds. The molecular weight excluding hydrogens is 613 g/mol. The summed E-state index contributed by atoms with van der Waals surface area (Å²) in [6.07, 6.45) is 0. The fraction of sp³-hybridized carbons (Fsp3) is 0.216. The van der Waals surface area contributed by atoms with E-state index < -0.39 is 0 Å². The Morgan fingerprint density at radius 2 is 0.667 bits per heavy atom. The van der Waals surface area contributed by atoms with Gasteiger partial charge in [0.15, 0.2) is 0 Å². The van der Waals surface area contributed by atoms with Crippen molar-refractivity contribution in [1.29, 1.82) is 0 Å². The fourth-order valence-electron chi connectivity index (χ4n) is 9.71. The SMILES string of the molecule is C.C.C.CC#Cc1c2c(c(C#Cc3cc(C)c(C)cc3C)c3c1C1c4ccccc4C3c3ccccc31)C1c3ccccc3C2c2ccccc21. The quantitative estimate of drug-likeness (QED) is 0.142. The molecule has 6 aliphatic carbocycles. The van der Waals surface area contributed by atoms with Gasteiger partial charge >= 0.3 is 0 Å². The molecule has 250 valence electrons. The predicted octanol–water partition coefficient (Wildman–Crippen LogP) is 12.3. The zero-order valence-electron chi connectivity index (χ0n) is 27.7. The van der Waals surface area contributed by atoms with E-state index in [4.69, 9.17) is 0 Å². The lowest BCUT2D eigenvalue weighted by Crippen LogP contribution is -2.35. The van der Waals surface area contributed by atoms with Gasteiger partial charge in [0.25, 0.3) is 0 Å². The van der Waals surface area contributed by atoms with E-state index in [-0.39, 0.29) is 46.0 Å². The van der Waals surface area contributed by atoms with E-state index in [1.54, 1.807) is 0 Å². The average molecular weight is 659 g/mol. The molecule has 0 unspecified atom stereocenters. The van der Waals surface area contributed by atoms with Gasteiger partial charge < -0.3 is 0 Å². The van der Waals surface area contributed by atoms with Crippen molar-refractivity contribution in [3.8, 4) is 23.7 Å². The monoisotopic (exact) mass is 658 g/mol. The molecule has 0 heterocycles. The van der Waals surface area contributed by atoms with Gasteiger partial charge in [-0.1, -0.05) is 143 Å². The first-order valence-electron chi connectivity index (χ1n) is 17.2. The topological polar surface area (TPSA) is 0 Å². The highest BCUT2D eigenvalue weighted by Crippen LogP contribution is 2.63. The third-order valence-corrected chi connectivity index (χ3v) is 11.7. The summed E-state index contributed by atoms with van der Waals surface area (Å²) in [5.41, 5.74) is 24.2. The lowest BCUT2D eigenvalue weighted by atomic mass is 9.53. The van der Waals surface area contributed by atoms with Crippen LogP contribution in [0, 0.1) is 44.5 Å². The molecule has 0 nitrogen and oxygen atoms in total. The third-order valence-electron chi connectivity index (χ3n) is 11.7. The van der Waals surface area contributed by atoms with Crippen molar-refractivity contribution in [2.24, 2.45) is 0 Å². The molecule has 6 aliphatic rings. The molecule has 6 aromatic carbocycles. The van der Waals surface area contributed by atoms with E-state index in [2.05, 4.69) is 154 Å². The van der Waals surface area contributed by atoms with Crippen molar-refractivity contribution in [3.63, 3.8) is 0 Å². The summed E-state index contributed by atoms with van der Waals surface area (Å²) < 4.78 is 0. The molecule has 0 saturated carbocycles. The average Bonchev–Trinajstić information content (AvgIpc) is 3.12. The minimum absolute atomic E-state index is 0.